The summed E-state index contributed by atoms with van der Waals surface area (Å²) in [6, 6.07) is -1.35. The highest BCUT2D eigenvalue weighted by Gasteiger charge is 2.33. The minimum atomic E-state index is -4.92. The predicted molar refractivity (Wildman–Crippen MR) is 94.3 cm³/mol. The van der Waals surface area contributed by atoms with Gasteiger partial charge in [-0.1, -0.05) is 0 Å². The third-order valence-electron chi connectivity index (χ3n) is 3.59. The molecule has 1 rings (SSSR count). The molecule has 0 radical (unpaired) electrons. The first-order valence-electron chi connectivity index (χ1n) is 8.22. The van der Waals surface area contributed by atoms with Gasteiger partial charge in [0.2, 0.25) is 12.0 Å². The average Bonchev–Trinajstić information content (AvgIpc) is 2.55. The number of carbonyl (C=O) groups is 1. The second kappa shape index (κ2) is 10.8. The Morgan fingerprint density at radius 2 is 1.90 bits per heavy atom. The van der Waals surface area contributed by atoms with Crippen molar-refractivity contribution >= 4 is 26.7 Å². The molecule has 30 heavy (non-hydrogen) atoms. The Labute approximate surface area is 172 Å². The smallest absolute Gasteiger partial charge is 0.397 e. The molecule has 6 atom stereocenters. The Kier molecular flexibility index (Phi) is 9.54. The lowest BCUT2D eigenvalue weighted by molar-refractivity contribution is -0.230. The van der Waals surface area contributed by atoms with Crippen LogP contribution in [0.25, 0.3) is 0 Å². The maximum absolute atomic E-state index is 11.0. The van der Waals surface area contributed by atoms with E-state index in [0.717, 1.165) is 13.0 Å². The van der Waals surface area contributed by atoms with Crippen molar-refractivity contribution in [2.75, 3.05) is 6.61 Å². The van der Waals surface area contributed by atoms with Crippen LogP contribution in [-0.4, -0.2) is 90.8 Å². The highest BCUT2D eigenvalue weighted by atomic mass is 32.3. The van der Waals surface area contributed by atoms with Gasteiger partial charge < -0.3 is 29.5 Å². The summed E-state index contributed by atoms with van der Waals surface area (Å²) in [6.45, 7) is 1.50. The van der Waals surface area contributed by atoms with Gasteiger partial charge in [0.05, 0.1) is 24.9 Å². The summed E-state index contributed by atoms with van der Waals surface area (Å²) in [5.41, 5.74) is 0. The second-order valence-corrected chi connectivity index (χ2v) is 8.46. The number of aliphatic hydroxyl groups excluding tert-OH is 2. The monoisotopic (exact) mass is 481 g/mol. The molecule has 0 fully saturated rings. The van der Waals surface area contributed by atoms with Gasteiger partial charge in [-0.15, -0.1) is 0 Å². The van der Waals surface area contributed by atoms with Crippen molar-refractivity contribution in [3.05, 3.63) is 11.8 Å². The molecule has 2 unspecified atom stereocenters. The van der Waals surface area contributed by atoms with Crippen molar-refractivity contribution in [3.8, 4) is 0 Å². The third-order valence-corrected chi connectivity index (χ3v) is 4.70. The van der Waals surface area contributed by atoms with Crippen molar-refractivity contribution in [3.63, 3.8) is 0 Å². The zero-order chi connectivity index (χ0) is 23.3. The fourth-order valence-corrected chi connectivity index (χ4v) is 3.12. The molecule has 0 aromatic carbocycles. The van der Waals surface area contributed by atoms with Crippen LogP contribution in [0.3, 0.4) is 0 Å². The molecule has 0 aliphatic carbocycles. The molecule has 0 aromatic heterocycles. The van der Waals surface area contributed by atoms with Crippen LogP contribution in [0.15, 0.2) is 11.8 Å². The maximum Gasteiger partial charge on any atom is 0.397 e. The molecule has 0 spiro atoms. The van der Waals surface area contributed by atoms with Crippen LogP contribution in [-0.2, 0) is 43.9 Å². The van der Waals surface area contributed by atoms with Gasteiger partial charge in [0, 0.05) is 6.42 Å². The number of aliphatic carboxylic acids is 1. The van der Waals surface area contributed by atoms with Gasteiger partial charge in [-0.2, -0.15) is 21.6 Å². The van der Waals surface area contributed by atoms with E-state index < -0.39 is 76.0 Å². The molecule has 0 saturated heterocycles. The minimum Gasteiger partial charge on any atom is -0.475 e. The Hall–Kier alpha value is -1.41. The number of carboxylic acids is 1. The van der Waals surface area contributed by atoms with Crippen molar-refractivity contribution in [2.24, 2.45) is 0 Å². The van der Waals surface area contributed by atoms with E-state index in [1.54, 1.807) is 4.72 Å². The molecule has 6 N–H and O–H groups in total. The first-order valence-corrected chi connectivity index (χ1v) is 11.0. The molecular weight excluding hydrogens is 458 g/mol. The highest BCUT2D eigenvalue weighted by molar-refractivity contribution is 7.83. The zero-order valence-electron chi connectivity index (χ0n) is 15.7. The lowest BCUT2D eigenvalue weighted by Gasteiger charge is -2.33. The highest BCUT2D eigenvalue weighted by Crippen LogP contribution is 2.22. The summed E-state index contributed by atoms with van der Waals surface area (Å²) in [7, 11) is -9.58. The summed E-state index contributed by atoms with van der Waals surface area (Å²) >= 11 is 0. The summed E-state index contributed by atoms with van der Waals surface area (Å²) in [5.74, 6) is -2.13. The summed E-state index contributed by atoms with van der Waals surface area (Å²) in [5, 5.41) is 28.6. The molecule has 0 amide bonds. The van der Waals surface area contributed by atoms with Gasteiger partial charge in [0.15, 0.2) is 6.29 Å². The number of hydrogen-bond acceptors (Lipinski definition) is 11. The SMILES string of the molecule is CC(OC(O)[C@H](C)NS(=O)(=O)O)[C@H](COS(=O)(=O)O)O[C@H]1C[C@@H](O)C=C(C(=O)O)O1. The van der Waals surface area contributed by atoms with Crippen LogP contribution in [0.4, 0.5) is 0 Å². The number of rotatable bonds is 12. The number of ether oxygens (including phenoxy) is 3. The lowest BCUT2D eigenvalue weighted by atomic mass is 10.1. The molecule has 15 nitrogen and oxygen atoms in total. The third kappa shape index (κ3) is 10.1. The van der Waals surface area contributed by atoms with E-state index in [9.17, 15) is 31.8 Å². The largest absolute Gasteiger partial charge is 0.475 e. The van der Waals surface area contributed by atoms with E-state index in [2.05, 4.69) is 4.18 Å². The van der Waals surface area contributed by atoms with Crippen LogP contribution >= 0.6 is 0 Å². The number of carboxylic acid groups (broad SMARTS) is 1. The average molecular weight is 481 g/mol. The quantitative estimate of drug-likeness (QED) is 0.128. The van der Waals surface area contributed by atoms with E-state index in [-0.39, 0.29) is 6.42 Å². The van der Waals surface area contributed by atoms with Crippen LogP contribution in [0.5, 0.6) is 0 Å². The zero-order valence-corrected chi connectivity index (χ0v) is 17.3. The predicted octanol–water partition coefficient (Wildman–Crippen LogP) is -2.23. The molecule has 0 bridgehead atoms. The molecule has 1 heterocycles. The van der Waals surface area contributed by atoms with Crippen molar-refractivity contribution in [1.29, 1.82) is 0 Å². The van der Waals surface area contributed by atoms with Crippen molar-refractivity contribution in [1.82, 2.24) is 4.72 Å². The number of hydrogen-bond donors (Lipinski definition) is 6. The van der Waals surface area contributed by atoms with E-state index in [1.165, 1.54) is 6.92 Å². The molecule has 176 valence electrons. The lowest BCUT2D eigenvalue weighted by Crippen LogP contribution is -2.47. The Balaban J connectivity index is 2.89. The standard InChI is InChI=1S/C13H23NO14S2/c1-6(14-29(19,20)21)13(18)26-7(2)10(5-25-30(22,23)24)28-11-4-8(15)3-9(27-11)12(16)17/h3,6-8,10-11,13-15,18H,4-5H2,1-2H3,(H,16,17)(H,19,20,21)(H,22,23,24)/t6-,7?,8-,10-,11-,13?/m0/s1. The van der Waals surface area contributed by atoms with E-state index in [1.807, 2.05) is 0 Å². The van der Waals surface area contributed by atoms with Crippen LogP contribution < -0.4 is 4.72 Å². The number of nitrogens with one attached hydrogen (secondary N) is 1. The van der Waals surface area contributed by atoms with Crippen LogP contribution in [0.1, 0.15) is 20.3 Å². The van der Waals surface area contributed by atoms with Gasteiger partial charge in [0.1, 0.15) is 6.10 Å². The van der Waals surface area contributed by atoms with Gasteiger partial charge in [0.25, 0.3) is 0 Å². The molecule has 0 saturated carbocycles. The fraction of sp³-hybridized carbons (Fsp3) is 0.769. The van der Waals surface area contributed by atoms with Gasteiger partial charge in [-0.25, -0.2) is 8.98 Å². The van der Waals surface area contributed by atoms with E-state index >= 15 is 0 Å². The first-order chi connectivity index (χ1) is 13.6. The molecular formula is C13H23NO14S2. The van der Waals surface area contributed by atoms with Gasteiger partial charge >= 0.3 is 26.7 Å². The molecule has 0 aromatic rings. The molecule has 17 heteroatoms. The van der Waals surface area contributed by atoms with Crippen molar-refractivity contribution < 1.29 is 64.4 Å². The first kappa shape index (κ1) is 26.6. The van der Waals surface area contributed by atoms with Gasteiger partial charge in [-0.3, -0.25) is 9.11 Å². The summed E-state index contributed by atoms with van der Waals surface area (Å²) in [6.07, 6.45) is -6.54. The van der Waals surface area contributed by atoms with Crippen molar-refractivity contribution in [2.45, 2.75) is 57.2 Å². The van der Waals surface area contributed by atoms with Crippen LogP contribution in [0.2, 0.25) is 0 Å². The topological polar surface area (TPSA) is 235 Å². The van der Waals surface area contributed by atoms with Crippen LogP contribution in [0, 0.1) is 0 Å². The van der Waals surface area contributed by atoms with Gasteiger partial charge in [-0.05, 0) is 19.9 Å². The fourth-order valence-electron chi connectivity index (χ4n) is 2.23. The summed E-state index contributed by atoms with van der Waals surface area (Å²) < 4.78 is 82.2. The molecule has 1 aliphatic heterocycles. The second-order valence-electron chi connectivity index (χ2n) is 6.19. The normalized spacial score (nSPS) is 24.3. The Morgan fingerprint density at radius 3 is 2.40 bits per heavy atom. The number of aliphatic hydroxyl groups is 2. The Bertz CT molecular complexity index is 825. The maximum atomic E-state index is 11.0. The summed E-state index contributed by atoms with van der Waals surface area (Å²) in [4.78, 5) is 11.0. The Morgan fingerprint density at radius 1 is 1.30 bits per heavy atom. The molecule has 1 aliphatic rings. The van der Waals surface area contributed by atoms with E-state index in [0.29, 0.717) is 0 Å². The minimum absolute atomic E-state index is 0.255. The van der Waals surface area contributed by atoms with E-state index in [4.69, 9.17) is 28.4 Å².